The Labute approximate surface area is 90.7 Å². The van der Waals surface area contributed by atoms with E-state index in [9.17, 15) is 0 Å². The van der Waals surface area contributed by atoms with Gasteiger partial charge in [0.1, 0.15) is 5.82 Å². The van der Waals surface area contributed by atoms with Gasteiger partial charge in [-0.3, -0.25) is 0 Å². The van der Waals surface area contributed by atoms with Gasteiger partial charge in [0, 0.05) is 0 Å². The second kappa shape index (κ2) is 5.51. The first-order valence-electron chi connectivity index (χ1n) is 5.45. The molecular weight excluding hydrogens is 186 g/mol. The van der Waals surface area contributed by atoms with Crippen LogP contribution >= 0.6 is 0 Å². The number of aromatic nitrogens is 2. The minimum absolute atomic E-state index is 0.693. The molecule has 0 amide bonds. The summed E-state index contributed by atoms with van der Waals surface area (Å²) < 4.78 is 0. The lowest BCUT2D eigenvalue weighted by Crippen LogP contribution is -2.02. The number of H-pyrrole nitrogens is 1. The molecule has 3 N–H and O–H groups in total. The lowest BCUT2D eigenvalue weighted by molar-refractivity contribution is 0.970. The maximum Gasteiger partial charge on any atom is 0.104 e. The zero-order valence-electron chi connectivity index (χ0n) is 9.67. The topological polar surface area (TPSA) is 54.7 Å². The Morgan fingerprint density at radius 1 is 1.33 bits per heavy atom. The lowest BCUT2D eigenvalue weighted by Gasteiger charge is -1.96. The first kappa shape index (κ1) is 11.7. The van der Waals surface area contributed by atoms with E-state index in [0.29, 0.717) is 6.54 Å². The van der Waals surface area contributed by atoms with Crippen molar-refractivity contribution in [1.82, 2.24) is 9.97 Å². The minimum atomic E-state index is 0.693. The molecule has 3 heteroatoms. The molecule has 0 atom stereocenters. The zero-order valence-corrected chi connectivity index (χ0v) is 9.67. The van der Waals surface area contributed by atoms with Gasteiger partial charge < -0.3 is 10.7 Å². The quantitative estimate of drug-likeness (QED) is 0.791. The van der Waals surface area contributed by atoms with E-state index in [1.807, 2.05) is 26.8 Å². The van der Waals surface area contributed by atoms with Crippen LogP contribution in [0.1, 0.15) is 25.2 Å². The van der Waals surface area contributed by atoms with Crippen molar-refractivity contribution >= 4 is 11.0 Å². The third kappa shape index (κ3) is 2.80. The van der Waals surface area contributed by atoms with Crippen LogP contribution in [0, 0.1) is 6.92 Å². The summed E-state index contributed by atoms with van der Waals surface area (Å²) in [6.45, 7) is 6.65. The van der Waals surface area contributed by atoms with Crippen molar-refractivity contribution < 1.29 is 0 Å². The molecule has 0 aliphatic rings. The highest BCUT2D eigenvalue weighted by Gasteiger charge is 1.99. The van der Waals surface area contributed by atoms with Crippen molar-refractivity contribution in [2.24, 2.45) is 5.73 Å². The molecule has 0 radical (unpaired) electrons. The highest BCUT2D eigenvalue weighted by atomic mass is 14.9. The molecule has 0 bridgehead atoms. The van der Waals surface area contributed by atoms with Crippen molar-refractivity contribution in [1.29, 1.82) is 0 Å². The molecule has 0 aliphatic carbocycles. The average molecular weight is 205 g/mol. The van der Waals surface area contributed by atoms with E-state index in [1.165, 1.54) is 5.56 Å². The molecule has 2 rings (SSSR count). The first-order chi connectivity index (χ1) is 7.29. The summed E-state index contributed by atoms with van der Waals surface area (Å²) in [6, 6.07) is 6.22. The second-order valence-corrected chi connectivity index (χ2v) is 3.21. The SMILES string of the molecule is CC.Cc1nc2ccc(CCN)cc2[nH]1. The fourth-order valence-corrected chi connectivity index (χ4v) is 1.51. The highest BCUT2D eigenvalue weighted by molar-refractivity contribution is 5.75. The monoisotopic (exact) mass is 205 g/mol. The number of fused-ring (bicyclic) bond motifs is 1. The molecule has 0 fully saturated rings. The third-order valence-electron chi connectivity index (χ3n) is 2.10. The Bertz CT molecular complexity index is 418. The van der Waals surface area contributed by atoms with E-state index in [-0.39, 0.29) is 0 Å². The average Bonchev–Trinajstić information content (AvgIpc) is 2.61. The van der Waals surface area contributed by atoms with Gasteiger partial charge in [0.2, 0.25) is 0 Å². The standard InChI is InChI=1S/C10H13N3.C2H6/c1-7-12-9-3-2-8(4-5-11)6-10(9)13-7;1-2/h2-3,6H,4-5,11H2,1H3,(H,12,13);1-2H3. The highest BCUT2D eigenvalue weighted by Crippen LogP contribution is 2.13. The van der Waals surface area contributed by atoms with Gasteiger partial charge in [-0.05, 0) is 37.6 Å². The predicted molar refractivity (Wildman–Crippen MR) is 64.9 cm³/mol. The molecule has 1 aromatic heterocycles. The van der Waals surface area contributed by atoms with Crippen molar-refractivity contribution in [3.8, 4) is 0 Å². The fraction of sp³-hybridized carbons (Fsp3) is 0.417. The van der Waals surface area contributed by atoms with Crippen molar-refractivity contribution in [3.63, 3.8) is 0 Å². The summed E-state index contributed by atoms with van der Waals surface area (Å²) >= 11 is 0. The number of hydrogen-bond acceptors (Lipinski definition) is 2. The van der Waals surface area contributed by atoms with Crippen LogP contribution in [0.2, 0.25) is 0 Å². The van der Waals surface area contributed by atoms with Crippen LogP contribution in [-0.4, -0.2) is 16.5 Å². The fourth-order valence-electron chi connectivity index (χ4n) is 1.51. The molecule has 0 saturated heterocycles. The summed E-state index contributed by atoms with van der Waals surface area (Å²) in [4.78, 5) is 7.53. The van der Waals surface area contributed by atoms with Gasteiger partial charge in [-0.2, -0.15) is 0 Å². The summed E-state index contributed by atoms with van der Waals surface area (Å²) in [5, 5.41) is 0. The van der Waals surface area contributed by atoms with Gasteiger partial charge in [0.25, 0.3) is 0 Å². The van der Waals surface area contributed by atoms with E-state index in [2.05, 4.69) is 22.1 Å². The zero-order chi connectivity index (χ0) is 11.3. The van der Waals surface area contributed by atoms with Crippen LogP contribution < -0.4 is 5.73 Å². The molecule has 15 heavy (non-hydrogen) atoms. The van der Waals surface area contributed by atoms with Gasteiger partial charge in [-0.1, -0.05) is 19.9 Å². The largest absolute Gasteiger partial charge is 0.342 e. The van der Waals surface area contributed by atoms with Crippen molar-refractivity contribution in [3.05, 3.63) is 29.6 Å². The van der Waals surface area contributed by atoms with Crippen LogP contribution in [-0.2, 0) is 6.42 Å². The summed E-state index contributed by atoms with van der Waals surface area (Å²) in [6.07, 6.45) is 0.925. The number of aromatic amines is 1. The van der Waals surface area contributed by atoms with Crippen LogP contribution in [0.5, 0.6) is 0 Å². The Morgan fingerprint density at radius 3 is 2.73 bits per heavy atom. The van der Waals surface area contributed by atoms with Gasteiger partial charge in [-0.15, -0.1) is 0 Å². The van der Waals surface area contributed by atoms with Crippen LogP contribution in [0.4, 0.5) is 0 Å². The van der Waals surface area contributed by atoms with E-state index in [4.69, 9.17) is 5.73 Å². The molecule has 0 unspecified atom stereocenters. The molecule has 1 heterocycles. The van der Waals surface area contributed by atoms with Gasteiger partial charge in [0.15, 0.2) is 0 Å². The number of aryl methyl sites for hydroxylation is 1. The number of imidazole rings is 1. The maximum absolute atomic E-state index is 5.48. The van der Waals surface area contributed by atoms with E-state index < -0.39 is 0 Å². The lowest BCUT2D eigenvalue weighted by atomic mass is 10.1. The number of hydrogen-bond donors (Lipinski definition) is 2. The molecule has 0 saturated carbocycles. The normalized spacial score (nSPS) is 9.87. The van der Waals surface area contributed by atoms with Crippen molar-refractivity contribution in [2.45, 2.75) is 27.2 Å². The summed E-state index contributed by atoms with van der Waals surface area (Å²) in [7, 11) is 0. The first-order valence-corrected chi connectivity index (χ1v) is 5.45. The molecule has 82 valence electrons. The van der Waals surface area contributed by atoms with Gasteiger partial charge in [-0.25, -0.2) is 4.98 Å². The Hall–Kier alpha value is -1.35. The predicted octanol–water partition coefficient (Wildman–Crippen LogP) is 2.40. The van der Waals surface area contributed by atoms with Crippen LogP contribution in [0.15, 0.2) is 18.2 Å². The number of rotatable bonds is 2. The Balaban J connectivity index is 0.000000531. The van der Waals surface area contributed by atoms with Crippen LogP contribution in [0.25, 0.3) is 11.0 Å². The molecular formula is C12H19N3. The van der Waals surface area contributed by atoms with E-state index in [1.54, 1.807) is 0 Å². The second-order valence-electron chi connectivity index (χ2n) is 3.21. The number of nitrogens with zero attached hydrogens (tertiary/aromatic N) is 1. The molecule has 3 nitrogen and oxygen atoms in total. The summed E-state index contributed by atoms with van der Waals surface area (Å²) in [5.41, 5.74) is 8.87. The maximum atomic E-state index is 5.48. The smallest absolute Gasteiger partial charge is 0.104 e. The number of nitrogens with two attached hydrogens (primary N) is 1. The van der Waals surface area contributed by atoms with E-state index in [0.717, 1.165) is 23.3 Å². The van der Waals surface area contributed by atoms with Gasteiger partial charge in [0.05, 0.1) is 11.0 Å². The molecule has 2 aromatic rings. The number of benzene rings is 1. The van der Waals surface area contributed by atoms with E-state index >= 15 is 0 Å². The molecule has 0 aliphatic heterocycles. The van der Waals surface area contributed by atoms with Crippen molar-refractivity contribution in [2.75, 3.05) is 6.54 Å². The molecule has 0 spiro atoms. The van der Waals surface area contributed by atoms with Crippen LogP contribution in [0.3, 0.4) is 0 Å². The third-order valence-corrected chi connectivity index (χ3v) is 2.10. The Kier molecular flexibility index (Phi) is 4.31. The van der Waals surface area contributed by atoms with Gasteiger partial charge >= 0.3 is 0 Å². The Morgan fingerprint density at radius 2 is 2.07 bits per heavy atom. The summed E-state index contributed by atoms with van der Waals surface area (Å²) in [5.74, 6) is 0.958. The number of nitrogens with one attached hydrogen (secondary N) is 1. The minimum Gasteiger partial charge on any atom is -0.342 e. The molecule has 1 aromatic carbocycles.